The highest BCUT2D eigenvalue weighted by Crippen LogP contribution is 2.33. The van der Waals surface area contributed by atoms with Crippen LogP contribution in [0.4, 0.5) is 13.2 Å². The third kappa shape index (κ3) is 3.55. The number of halogens is 4. The molecule has 0 atom stereocenters. The van der Waals surface area contributed by atoms with Crippen molar-refractivity contribution in [2.45, 2.75) is 6.18 Å². The van der Waals surface area contributed by atoms with E-state index in [0.717, 1.165) is 16.6 Å². The molecule has 1 heterocycles. The average Bonchev–Trinajstić information content (AvgIpc) is 2.61. The molecule has 3 aromatic rings. The lowest BCUT2D eigenvalue weighted by atomic mass is 9.97. The highest BCUT2D eigenvalue weighted by Gasteiger charge is 2.30. The lowest BCUT2D eigenvalue weighted by Crippen LogP contribution is -2.13. The molecule has 0 spiro atoms. The summed E-state index contributed by atoms with van der Waals surface area (Å²) < 4.78 is 39.8. The number of hydrogen-bond donors (Lipinski definition) is 1. The lowest BCUT2D eigenvalue weighted by Gasteiger charge is -2.11. The standard InChI is InChI=1S/C19H10BrF3N2O/c20-14-6-4-11(5-7-14)17-9-15(16(10-24)18(26)25-17)12-2-1-3-13(8-12)19(21,22)23/h1-9H,(H,25,26). The number of pyridine rings is 1. The van der Waals surface area contributed by atoms with E-state index in [2.05, 4.69) is 20.9 Å². The maximum absolute atomic E-state index is 13.0. The summed E-state index contributed by atoms with van der Waals surface area (Å²) in [6, 6.07) is 14.9. The predicted octanol–water partition coefficient (Wildman–Crippen LogP) is 5.36. The van der Waals surface area contributed by atoms with Gasteiger partial charge in [-0.3, -0.25) is 4.79 Å². The number of aromatic amines is 1. The van der Waals surface area contributed by atoms with Gasteiger partial charge in [-0.25, -0.2) is 0 Å². The van der Waals surface area contributed by atoms with Crippen molar-refractivity contribution in [2.75, 3.05) is 0 Å². The van der Waals surface area contributed by atoms with Gasteiger partial charge in [-0.1, -0.05) is 40.2 Å². The van der Waals surface area contributed by atoms with Gasteiger partial charge in [-0.05, 0) is 41.5 Å². The Morgan fingerprint density at radius 2 is 1.69 bits per heavy atom. The lowest BCUT2D eigenvalue weighted by molar-refractivity contribution is -0.137. The Morgan fingerprint density at radius 3 is 2.31 bits per heavy atom. The number of aromatic nitrogens is 1. The molecule has 0 unspecified atom stereocenters. The van der Waals surface area contributed by atoms with E-state index in [9.17, 15) is 23.2 Å². The summed E-state index contributed by atoms with van der Waals surface area (Å²) in [4.78, 5) is 14.9. The normalized spacial score (nSPS) is 11.2. The highest BCUT2D eigenvalue weighted by atomic mass is 79.9. The second-order valence-electron chi connectivity index (χ2n) is 5.50. The Hall–Kier alpha value is -2.85. The molecule has 3 nitrogen and oxygen atoms in total. The van der Waals surface area contributed by atoms with Crippen molar-refractivity contribution >= 4 is 15.9 Å². The first-order valence-electron chi connectivity index (χ1n) is 7.40. The quantitative estimate of drug-likeness (QED) is 0.608. The van der Waals surface area contributed by atoms with Gasteiger partial charge in [0.25, 0.3) is 5.56 Å². The van der Waals surface area contributed by atoms with Gasteiger partial charge in [-0.15, -0.1) is 0 Å². The van der Waals surface area contributed by atoms with Crippen LogP contribution in [0.1, 0.15) is 11.1 Å². The number of nitriles is 1. The SMILES string of the molecule is N#Cc1c(-c2cccc(C(F)(F)F)c2)cc(-c2ccc(Br)cc2)[nH]c1=O. The summed E-state index contributed by atoms with van der Waals surface area (Å²) >= 11 is 3.31. The van der Waals surface area contributed by atoms with E-state index >= 15 is 0 Å². The van der Waals surface area contributed by atoms with E-state index < -0.39 is 17.3 Å². The number of nitrogens with one attached hydrogen (secondary N) is 1. The van der Waals surface area contributed by atoms with E-state index in [1.807, 2.05) is 0 Å². The zero-order valence-electron chi connectivity index (χ0n) is 13.1. The van der Waals surface area contributed by atoms with Crippen LogP contribution in [-0.4, -0.2) is 4.98 Å². The van der Waals surface area contributed by atoms with E-state index in [0.29, 0.717) is 11.3 Å². The van der Waals surface area contributed by atoms with Crippen molar-refractivity contribution in [2.24, 2.45) is 0 Å². The fraction of sp³-hybridized carbons (Fsp3) is 0.0526. The summed E-state index contributed by atoms with van der Waals surface area (Å²) in [5.74, 6) is 0. The molecule has 26 heavy (non-hydrogen) atoms. The first-order valence-corrected chi connectivity index (χ1v) is 8.20. The second kappa shape index (κ2) is 6.81. The molecule has 0 aliphatic rings. The van der Waals surface area contributed by atoms with E-state index in [1.54, 1.807) is 30.3 Å². The van der Waals surface area contributed by atoms with Crippen LogP contribution in [0.3, 0.4) is 0 Å². The molecular formula is C19H10BrF3N2O. The number of nitrogens with zero attached hydrogens (tertiary/aromatic N) is 1. The minimum absolute atomic E-state index is 0.153. The van der Waals surface area contributed by atoms with Crippen LogP contribution in [-0.2, 0) is 6.18 Å². The van der Waals surface area contributed by atoms with Crippen molar-refractivity contribution in [1.82, 2.24) is 4.98 Å². The molecule has 0 amide bonds. The van der Waals surface area contributed by atoms with Crippen LogP contribution in [0, 0.1) is 11.3 Å². The molecule has 0 radical (unpaired) electrons. The van der Waals surface area contributed by atoms with Gasteiger partial charge >= 0.3 is 6.18 Å². The van der Waals surface area contributed by atoms with E-state index in [-0.39, 0.29) is 16.7 Å². The first kappa shape index (κ1) is 18.0. The number of H-pyrrole nitrogens is 1. The molecule has 2 aromatic carbocycles. The van der Waals surface area contributed by atoms with Crippen molar-refractivity contribution in [3.05, 3.63) is 80.6 Å². The van der Waals surface area contributed by atoms with Gasteiger partial charge in [0.2, 0.25) is 0 Å². The van der Waals surface area contributed by atoms with E-state index in [1.165, 1.54) is 18.2 Å². The summed E-state index contributed by atoms with van der Waals surface area (Å²) in [7, 11) is 0. The van der Waals surface area contributed by atoms with Gasteiger partial charge in [-0.2, -0.15) is 18.4 Å². The van der Waals surface area contributed by atoms with Crippen molar-refractivity contribution in [3.8, 4) is 28.5 Å². The van der Waals surface area contributed by atoms with Gasteiger partial charge < -0.3 is 4.98 Å². The van der Waals surface area contributed by atoms with Gasteiger partial charge in [0, 0.05) is 15.7 Å². The molecule has 7 heteroatoms. The maximum atomic E-state index is 13.0. The zero-order chi connectivity index (χ0) is 18.9. The molecule has 0 aliphatic heterocycles. The fourth-order valence-electron chi connectivity index (χ4n) is 2.55. The number of rotatable bonds is 2. The molecule has 0 aliphatic carbocycles. The monoisotopic (exact) mass is 418 g/mol. The van der Waals surface area contributed by atoms with Crippen LogP contribution < -0.4 is 5.56 Å². The van der Waals surface area contributed by atoms with Crippen molar-refractivity contribution in [3.63, 3.8) is 0 Å². The number of benzene rings is 2. The van der Waals surface area contributed by atoms with Gasteiger partial charge in [0.1, 0.15) is 11.6 Å². The largest absolute Gasteiger partial charge is 0.416 e. The molecule has 0 fully saturated rings. The Kier molecular flexibility index (Phi) is 4.70. The van der Waals surface area contributed by atoms with Gasteiger partial charge in [0.05, 0.1) is 5.56 Å². The summed E-state index contributed by atoms with van der Waals surface area (Å²) in [6.07, 6.45) is -4.52. The summed E-state index contributed by atoms with van der Waals surface area (Å²) in [5.41, 5.74) is -0.340. The molecular weight excluding hydrogens is 409 g/mol. The topological polar surface area (TPSA) is 56.6 Å². The molecule has 1 N–H and O–H groups in total. The number of alkyl halides is 3. The molecule has 0 saturated carbocycles. The van der Waals surface area contributed by atoms with E-state index in [4.69, 9.17) is 0 Å². The Balaban J connectivity index is 2.22. The maximum Gasteiger partial charge on any atom is 0.416 e. The Morgan fingerprint density at radius 1 is 1.00 bits per heavy atom. The molecule has 0 bridgehead atoms. The zero-order valence-corrected chi connectivity index (χ0v) is 14.6. The molecule has 3 rings (SSSR count). The molecule has 130 valence electrons. The van der Waals surface area contributed by atoms with Crippen LogP contribution in [0.2, 0.25) is 0 Å². The van der Waals surface area contributed by atoms with Gasteiger partial charge in [0.15, 0.2) is 0 Å². The highest BCUT2D eigenvalue weighted by molar-refractivity contribution is 9.10. The first-order chi connectivity index (χ1) is 12.3. The third-order valence-electron chi connectivity index (χ3n) is 3.80. The van der Waals surface area contributed by atoms with Crippen molar-refractivity contribution < 1.29 is 13.2 Å². The molecule has 0 saturated heterocycles. The van der Waals surface area contributed by atoms with Crippen molar-refractivity contribution in [1.29, 1.82) is 5.26 Å². The van der Waals surface area contributed by atoms with Crippen LogP contribution in [0.5, 0.6) is 0 Å². The average molecular weight is 419 g/mol. The minimum Gasteiger partial charge on any atom is -0.321 e. The fourth-order valence-corrected chi connectivity index (χ4v) is 2.81. The Labute approximate surface area is 154 Å². The smallest absolute Gasteiger partial charge is 0.321 e. The Bertz CT molecular complexity index is 1060. The van der Waals surface area contributed by atoms with Crippen LogP contribution in [0.15, 0.2) is 63.9 Å². The predicted molar refractivity (Wildman–Crippen MR) is 95.4 cm³/mol. The van der Waals surface area contributed by atoms with Crippen LogP contribution >= 0.6 is 15.9 Å². The third-order valence-corrected chi connectivity index (χ3v) is 4.33. The minimum atomic E-state index is -4.52. The molecule has 1 aromatic heterocycles. The second-order valence-corrected chi connectivity index (χ2v) is 6.41. The summed E-state index contributed by atoms with van der Waals surface area (Å²) in [6.45, 7) is 0. The summed E-state index contributed by atoms with van der Waals surface area (Å²) in [5, 5.41) is 9.29. The van der Waals surface area contributed by atoms with Crippen LogP contribution in [0.25, 0.3) is 22.4 Å². The number of hydrogen-bond acceptors (Lipinski definition) is 2.